The van der Waals surface area contributed by atoms with Crippen molar-refractivity contribution in [1.29, 1.82) is 0 Å². The lowest BCUT2D eigenvalue weighted by Gasteiger charge is -2.37. The molecular weight excluding hydrogens is 184 g/mol. The van der Waals surface area contributed by atoms with Crippen molar-refractivity contribution in [2.24, 2.45) is 5.92 Å². The van der Waals surface area contributed by atoms with Crippen molar-refractivity contribution in [2.45, 2.75) is 77.1 Å². The molecule has 0 heterocycles. The first-order chi connectivity index (χ1) is 6.56. The summed E-state index contributed by atoms with van der Waals surface area (Å²) in [4.78, 5) is 0. The Balaban J connectivity index is 2.38. The molecule has 0 aromatic heterocycles. The van der Waals surface area contributed by atoms with Crippen LogP contribution in [0.4, 0.5) is 0 Å². The first kappa shape index (κ1) is 12.3. The van der Waals surface area contributed by atoms with Crippen LogP contribution in [0.15, 0.2) is 0 Å². The molecule has 0 radical (unpaired) electrons. The number of rotatable bonds is 4. The Hall–Kier alpha value is 0.217. The summed E-state index contributed by atoms with van der Waals surface area (Å²) in [5, 5.41) is 0. The lowest BCUT2D eigenvalue weighted by atomic mass is 9.90. The molecule has 0 aliphatic heterocycles. The van der Waals surface area contributed by atoms with E-state index >= 15 is 0 Å². The van der Waals surface area contributed by atoms with Gasteiger partial charge in [0.15, 0.2) is 0 Å². The highest BCUT2D eigenvalue weighted by atomic mass is 28.3. The molecule has 0 atom stereocenters. The van der Waals surface area contributed by atoms with Gasteiger partial charge in [-0.3, -0.25) is 0 Å². The van der Waals surface area contributed by atoms with Crippen molar-refractivity contribution >= 4 is 8.07 Å². The van der Waals surface area contributed by atoms with Crippen LogP contribution in [0, 0.1) is 5.92 Å². The lowest BCUT2D eigenvalue weighted by molar-refractivity contribution is 0.378. The first-order valence-corrected chi connectivity index (χ1v) is 9.84. The second kappa shape index (κ2) is 5.34. The fraction of sp³-hybridized carbons (Fsp3) is 1.00. The predicted octanol–water partition coefficient (Wildman–Crippen LogP) is 5.08. The number of hydrogen-bond donors (Lipinski definition) is 0. The molecule has 0 amide bonds. The van der Waals surface area contributed by atoms with Crippen LogP contribution in [0.1, 0.15) is 52.4 Å². The van der Waals surface area contributed by atoms with Gasteiger partial charge in [-0.15, -0.1) is 0 Å². The molecule has 0 unspecified atom stereocenters. The maximum absolute atomic E-state index is 2.63. The zero-order valence-electron chi connectivity index (χ0n) is 10.6. The Labute approximate surface area is 91.5 Å². The van der Waals surface area contributed by atoms with E-state index < -0.39 is 8.07 Å². The van der Waals surface area contributed by atoms with Crippen molar-refractivity contribution in [3.05, 3.63) is 0 Å². The van der Waals surface area contributed by atoms with E-state index in [1.165, 1.54) is 25.7 Å². The van der Waals surface area contributed by atoms with Gasteiger partial charge in [-0.1, -0.05) is 71.5 Å². The van der Waals surface area contributed by atoms with E-state index in [4.69, 9.17) is 0 Å². The van der Waals surface area contributed by atoms with Crippen LogP contribution < -0.4 is 0 Å². The molecule has 14 heavy (non-hydrogen) atoms. The molecule has 0 nitrogen and oxygen atoms in total. The normalized spacial score (nSPS) is 29.1. The van der Waals surface area contributed by atoms with Gasteiger partial charge in [-0.2, -0.15) is 0 Å². The minimum Gasteiger partial charge on any atom is -0.0691 e. The summed E-state index contributed by atoms with van der Waals surface area (Å²) in [5.41, 5.74) is 1.14. The van der Waals surface area contributed by atoms with Gasteiger partial charge in [0, 0.05) is 0 Å². The van der Waals surface area contributed by atoms with Gasteiger partial charge >= 0.3 is 0 Å². The summed E-state index contributed by atoms with van der Waals surface area (Å²) in [6.45, 7) is 10.0. The van der Waals surface area contributed by atoms with Crippen molar-refractivity contribution in [1.82, 2.24) is 0 Å². The van der Waals surface area contributed by atoms with Crippen LogP contribution in [0.2, 0.25) is 24.7 Å². The highest BCUT2D eigenvalue weighted by Crippen LogP contribution is 2.41. The highest BCUT2D eigenvalue weighted by molar-refractivity contribution is 6.78. The van der Waals surface area contributed by atoms with Gasteiger partial charge in [0.05, 0.1) is 8.07 Å². The molecular formula is C13H28Si. The SMILES string of the molecule is CCCC[Si](C)(C)C1CCC(C)CC1. The summed E-state index contributed by atoms with van der Waals surface area (Å²) in [7, 11) is -0.853. The van der Waals surface area contributed by atoms with Crippen molar-refractivity contribution in [3.8, 4) is 0 Å². The second-order valence-electron chi connectivity index (χ2n) is 6.05. The average molecular weight is 212 g/mol. The van der Waals surface area contributed by atoms with Crippen LogP contribution >= 0.6 is 0 Å². The van der Waals surface area contributed by atoms with E-state index in [-0.39, 0.29) is 0 Å². The molecule has 1 fully saturated rings. The van der Waals surface area contributed by atoms with E-state index in [0.717, 1.165) is 11.5 Å². The molecule has 1 aliphatic rings. The standard InChI is InChI=1S/C13H28Si/c1-5-6-11-14(3,4)13-9-7-12(2)8-10-13/h12-13H,5-11H2,1-4H3. The molecule has 1 rings (SSSR count). The molecule has 1 aliphatic carbocycles. The van der Waals surface area contributed by atoms with Crippen molar-refractivity contribution < 1.29 is 0 Å². The third kappa shape index (κ3) is 3.41. The molecule has 1 saturated carbocycles. The minimum atomic E-state index is -0.853. The van der Waals surface area contributed by atoms with Gasteiger partial charge in [0.1, 0.15) is 0 Å². The average Bonchev–Trinajstić information content (AvgIpc) is 2.16. The Bertz CT molecular complexity index is 155. The van der Waals surface area contributed by atoms with Gasteiger partial charge < -0.3 is 0 Å². The summed E-state index contributed by atoms with van der Waals surface area (Å²) in [6, 6.07) is 1.57. The van der Waals surface area contributed by atoms with Gasteiger partial charge in [0.25, 0.3) is 0 Å². The molecule has 0 bridgehead atoms. The molecule has 0 spiro atoms. The van der Waals surface area contributed by atoms with Gasteiger partial charge in [-0.05, 0) is 11.5 Å². The van der Waals surface area contributed by atoms with Crippen molar-refractivity contribution in [3.63, 3.8) is 0 Å². The van der Waals surface area contributed by atoms with E-state index in [9.17, 15) is 0 Å². The van der Waals surface area contributed by atoms with E-state index in [0.29, 0.717) is 0 Å². The molecule has 0 saturated heterocycles. The predicted molar refractivity (Wildman–Crippen MR) is 68.6 cm³/mol. The Morgan fingerprint density at radius 2 is 1.64 bits per heavy atom. The summed E-state index contributed by atoms with van der Waals surface area (Å²) >= 11 is 0. The molecule has 0 aromatic rings. The smallest absolute Gasteiger partial charge is 0.0504 e. The fourth-order valence-corrected chi connectivity index (χ4v) is 6.45. The summed E-state index contributed by atoms with van der Waals surface area (Å²) in [5.74, 6) is 1.02. The van der Waals surface area contributed by atoms with E-state index in [1.807, 2.05) is 0 Å². The monoisotopic (exact) mass is 212 g/mol. The lowest BCUT2D eigenvalue weighted by Crippen LogP contribution is -2.34. The zero-order valence-corrected chi connectivity index (χ0v) is 11.6. The largest absolute Gasteiger partial charge is 0.0691 e. The Kier molecular flexibility index (Phi) is 4.69. The molecule has 84 valence electrons. The number of unbranched alkanes of at least 4 members (excludes halogenated alkanes) is 1. The summed E-state index contributed by atoms with van der Waals surface area (Å²) in [6.07, 6.45) is 8.97. The quantitative estimate of drug-likeness (QED) is 0.570. The molecule has 0 aromatic carbocycles. The third-order valence-corrected chi connectivity index (χ3v) is 8.73. The van der Waals surface area contributed by atoms with Crippen LogP contribution in [-0.2, 0) is 0 Å². The van der Waals surface area contributed by atoms with Crippen LogP contribution in [0.25, 0.3) is 0 Å². The molecule has 0 N–H and O–H groups in total. The zero-order chi connectivity index (χ0) is 10.6. The summed E-state index contributed by atoms with van der Waals surface area (Å²) < 4.78 is 0. The second-order valence-corrected chi connectivity index (χ2v) is 11.3. The van der Waals surface area contributed by atoms with Crippen LogP contribution in [0.5, 0.6) is 0 Å². The third-order valence-electron chi connectivity index (χ3n) is 4.30. The maximum atomic E-state index is 2.63. The Morgan fingerprint density at radius 3 is 2.14 bits per heavy atom. The van der Waals surface area contributed by atoms with Crippen molar-refractivity contribution in [2.75, 3.05) is 0 Å². The minimum absolute atomic E-state index is 0.853. The van der Waals surface area contributed by atoms with Crippen LogP contribution in [0.3, 0.4) is 0 Å². The molecule has 1 heteroatoms. The fourth-order valence-electron chi connectivity index (χ4n) is 2.88. The van der Waals surface area contributed by atoms with E-state index in [2.05, 4.69) is 26.9 Å². The topological polar surface area (TPSA) is 0 Å². The first-order valence-electron chi connectivity index (χ1n) is 6.56. The highest BCUT2D eigenvalue weighted by Gasteiger charge is 2.32. The van der Waals surface area contributed by atoms with E-state index in [1.54, 1.807) is 18.9 Å². The maximum Gasteiger partial charge on any atom is 0.0504 e. The van der Waals surface area contributed by atoms with Crippen LogP contribution in [-0.4, -0.2) is 8.07 Å². The van der Waals surface area contributed by atoms with Gasteiger partial charge in [-0.25, -0.2) is 0 Å². The Morgan fingerprint density at radius 1 is 1.07 bits per heavy atom. The number of hydrogen-bond acceptors (Lipinski definition) is 0. The van der Waals surface area contributed by atoms with Gasteiger partial charge in [0.2, 0.25) is 0 Å².